The molecule has 3 N–H and O–H groups in total. The zero-order valence-electron chi connectivity index (χ0n) is 14.0. The number of nitrogen functional groups attached to an aromatic ring is 1. The number of benzene rings is 3. The van der Waals surface area contributed by atoms with Gasteiger partial charge in [0.15, 0.2) is 11.6 Å². The summed E-state index contributed by atoms with van der Waals surface area (Å²) < 4.78 is 0. The minimum absolute atomic E-state index is 0.00336. The molecule has 0 fully saturated rings. The zero-order valence-corrected chi connectivity index (χ0v) is 14.7. The molecule has 1 aliphatic rings. The van der Waals surface area contributed by atoms with Gasteiger partial charge < -0.3 is 11.1 Å². The number of ketones is 2. The van der Waals surface area contributed by atoms with Crippen LogP contribution in [0.2, 0.25) is 0 Å². The van der Waals surface area contributed by atoms with Gasteiger partial charge in [-0.25, -0.2) is 0 Å². The quantitative estimate of drug-likeness (QED) is 0.414. The SMILES string of the molecule is Nc1c(C(=O)Cl)cc(Nc2ccccc2)c2c1C(=O)c1ccccc1C2=O. The van der Waals surface area contributed by atoms with Gasteiger partial charge in [0, 0.05) is 16.8 Å². The normalized spacial score (nSPS) is 12.3. The number of hydrogen-bond donors (Lipinski definition) is 2. The largest absolute Gasteiger partial charge is 0.397 e. The molecule has 5 nitrogen and oxygen atoms in total. The van der Waals surface area contributed by atoms with E-state index < -0.39 is 11.0 Å². The molecule has 4 rings (SSSR count). The van der Waals surface area contributed by atoms with Crippen molar-refractivity contribution in [3.8, 4) is 0 Å². The first kappa shape index (κ1) is 17.0. The van der Waals surface area contributed by atoms with Gasteiger partial charge in [0.1, 0.15) is 0 Å². The Kier molecular flexibility index (Phi) is 4.01. The van der Waals surface area contributed by atoms with Gasteiger partial charge in [0.05, 0.1) is 28.1 Å². The molecule has 0 heterocycles. The van der Waals surface area contributed by atoms with Crippen molar-refractivity contribution in [1.29, 1.82) is 0 Å². The fourth-order valence-electron chi connectivity index (χ4n) is 3.26. The molecule has 0 saturated heterocycles. The number of anilines is 3. The van der Waals surface area contributed by atoms with Crippen LogP contribution in [-0.2, 0) is 0 Å². The molecule has 0 spiro atoms. The van der Waals surface area contributed by atoms with E-state index in [9.17, 15) is 14.4 Å². The van der Waals surface area contributed by atoms with Crippen molar-refractivity contribution in [2.75, 3.05) is 11.1 Å². The standard InChI is InChI=1S/C21H13ClN2O3/c22-21(27)14-10-15(24-11-6-2-1-3-7-11)16-17(18(14)23)20(26)13-9-5-4-8-12(13)19(16)25/h1-10,24H,23H2. The number of halogens is 1. The van der Waals surface area contributed by atoms with E-state index in [1.54, 1.807) is 36.4 Å². The Balaban J connectivity index is 2.01. The molecule has 6 heteroatoms. The van der Waals surface area contributed by atoms with Gasteiger partial charge in [0.2, 0.25) is 0 Å². The maximum absolute atomic E-state index is 13.1. The van der Waals surface area contributed by atoms with Crippen LogP contribution in [0.4, 0.5) is 17.1 Å². The summed E-state index contributed by atoms with van der Waals surface area (Å²) in [6.07, 6.45) is 0. The summed E-state index contributed by atoms with van der Waals surface area (Å²) >= 11 is 5.67. The van der Waals surface area contributed by atoms with E-state index >= 15 is 0 Å². The first-order valence-corrected chi connectivity index (χ1v) is 8.53. The van der Waals surface area contributed by atoms with Crippen LogP contribution in [0, 0.1) is 0 Å². The van der Waals surface area contributed by atoms with Gasteiger partial charge in [-0.05, 0) is 29.8 Å². The van der Waals surface area contributed by atoms with Crippen LogP contribution in [0.15, 0.2) is 60.7 Å². The molecule has 27 heavy (non-hydrogen) atoms. The molecule has 0 aliphatic heterocycles. The van der Waals surface area contributed by atoms with Crippen LogP contribution in [0.1, 0.15) is 42.2 Å². The summed E-state index contributed by atoms with van der Waals surface area (Å²) in [6.45, 7) is 0. The highest BCUT2D eigenvalue weighted by molar-refractivity contribution is 6.68. The average Bonchev–Trinajstić information content (AvgIpc) is 2.67. The van der Waals surface area contributed by atoms with Crippen LogP contribution in [-0.4, -0.2) is 16.8 Å². The van der Waals surface area contributed by atoms with Crippen LogP contribution in [0.3, 0.4) is 0 Å². The van der Waals surface area contributed by atoms with Crippen molar-refractivity contribution in [3.05, 3.63) is 88.5 Å². The number of para-hydroxylation sites is 1. The first-order valence-electron chi connectivity index (χ1n) is 8.16. The molecule has 0 saturated carbocycles. The summed E-state index contributed by atoms with van der Waals surface area (Å²) in [7, 11) is 0. The third-order valence-electron chi connectivity index (χ3n) is 4.50. The van der Waals surface area contributed by atoms with Crippen molar-refractivity contribution in [2.45, 2.75) is 0 Å². The maximum atomic E-state index is 13.1. The van der Waals surface area contributed by atoms with Crippen molar-refractivity contribution in [1.82, 2.24) is 0 Å². The lowest BCUT2D eigenvalue weighted by molar-refractivity contribution is 0.0980. The fraction of sp³-hybridized carbons (Fsp3) is 0. The van der Waals surface area contributed by atoms with E-state index in [4.69, 9.17) is 17.3 Å². The minimum atomic E-state index is -0.800. The summed E-state index contributed by atoms with van der Waals surface area (Å²) in [5, 5.41) is 2.30. The van der Waals surface area contributed by atoms with E-state index in [1.807, 2.05) is 18.2 Å². The zero-order chi connectivity index (χ0) is 19.1. The van der Waals surface area contributed by atoms with Crippen LogP contribution in [0.5, 0.6) is 0 Å². The Morgan fingerprint density at radius 1 is 0.852 bits per heavy atom. The summed E-state index contributed by atoms with van der Waals surface area (Å²) in [6, 6.07) is 17.0. The molecule has 1 aliphatic carbocycles. The molecule has 3 aromatic carbocycles. The molecule has 0 unspecified atom stereocenters. The number of nitrogens with one attached hydrogen (secondary N) is 1. The third kappa shape index (κ3) is 2.69. The summed E-state index contributed by atoms with van der Waals surface area (Å²) in [5.41, 5.74) is 7.67. The number of carbonyl (C=O) groups is 3. The van der Waals surface area contributed by atoms with Crippen LogP contribution in [0.25, 0.3) is 0 Å². The van der Waals surface area contributed by atoms with E-state index in [0.29, 0.717) is 16.9 Å². The molecule has 0 atom stereocenters. The predicted molar refractivity (Wildman–Crippen MR) is 104 cm³/mol. The molecular formula is C21H13ClN2O3. The number of hydrogen-bond acceptors (Lipinski definition) is 5. The molecule has 132 valence electrons. The predicted octanol–water partition coefficient (Wildman–Crippen LogP) is 4.17. The Morgan fingerprint density at radius 3 is 2.00 bits per heavy atom. The van der Waals surface area contributed by atoms with Gasteiger partial charge in [-0.1, -0.05) is 42.5 Å². The van der Waals surface area contributed by atoms with Crippen LogP contribution < -0.4 is 11.1 Å². The lowest BCUT2D eigenvalue weighted by Crippen LogP contribution is -2.24. The van der Waals surface area contributed by atoms with Crippen molar-refractivity contribution >= 4 is 45.5 Å². The van der Waals surface area contributed by atoms with Gasteiger partial charge in [-0.3, -0.25) is 14.4 Å². The second-order valence-corrected chi connectivity index (χ2v) is 6.45. The molecule has 0 radical (unpaired) electrons. The van der Waals surface area contributed by atoms with E-state index in [1.165, 1.54) is 6.07 Å². The maximum Gasteiger partial charge on any atom is 0.254 e. The number of nitrogens with two attached hydrogens (primary N) is 1. The van der Waals surface area contributed by atoms with Gasteiger partial charge in [-0.2, -0.15) is 0 Å². The van der Waals surface area contributed by atoms with E-state index in [0.717, 1.165) is 0 Å². The van der Waals surface area contributed by atoms with Gasteiger partial charge >= 0.3 is 0 Å². The molecule has 0 amide bonds. The molecule has 0 aromatic heterocycles. The van der Waals surface area contributed by atoms with E-state index in [-0.39, 0.29) is 33.7 Å². The molecule has 3 aromatic rings. The lowest BCUT2D eigenvalue weighted by atomic mass is 9.81. The summed E-state index contributed by atoms with van der Waals surface area (Å²) in [4.78, 5) is 38.0. The van der Waals surface area contributed by atoms with Gasteiger partial charge in [-0.15, -0.1) is 0 Å². The second kappa shape index (κ2) is 6.37. The van der Waals surface area contributed by atoms with Crippen molar-refractivity contribution < 1.29 is 14.4 Å². The third-order valence-corrected chi connectivity index (χ3v) is 4.71. The number of rotatable bonds is 3. The van der Waals surface area contributed by atoms with Crippen molar-refractivity contribution in [2.24, 2.45) is 0 Å². The van der Waals surface area contributed by atoms with Crippen molar-refractivity contribution in [3.63, 3.8) is 0 Å². The Hall–Kier alpha value is -3.44. The fourth-order valence-corrected chi connectivity index (χ4v) is 3.41. The number of fused-ring (bicyclic) bond motifs is 2. The highest BCUT2D eigenvalue weighted by Crippen LogP contribution is 2.38. The Labute approximate surface area is 159 Å². The number of carbonyl (C=O) groups excluding carboxylic acids is 3. The highest BCUT2D eigenvalue weighted by Gasteiger charge is 2.35. The Morgan fingerprint density at radius 2 is 1.41 bits per heavy atom. The Bertz CT molecular complexity index is 1120. The monoisotopic (exact) mass is 376 g/mol. The average molecular weight is 377 g/mol. The first-order chi connectivity index (χ1) is 13.0. The minimum Gasteiger partial charge on any atom is -0.397 e. The highest BCUT2D eigenvalue weighted by atomic mass is 35.5. The molecule has 0 bridgehead atoms. The van der Waals surface area contributed by atoms with Crippen LogP contribution >= 0.6 is 11.6 Å². The summed E-state index contributed by atoms with van der Waals surface area (Å²) in [5.74, 6) is -0.743. The lowest BCUT2D eigenvalue weighted by Gasteiger charge is -2.23. The topological polar surface area (TPSA) is 89.3 Å². The van der Waals surface area contributed by atoms with E-state index in [2.05, 4.69) is 5.32 Å². The second-order valence-electron chi connectivity index (χ2n) is 6.10. The molecular weight excluding hydrogens is 364 g/mol. The smallest absolute Gasteiger partial charge is 0.254 e. The van der Waals surface area contributed by atoms with Gasteiger partial charge in [0.25, 0.3) is 5.24 Å².